The quantitative estimate of drug-likeness (QED) is 0.760. The highest BCUT2D eigenvalue weighted by molar-refractivity contribution is 9.10. The maximum absolute atomic E-state index is 14.0. The molecule has 1 atom stereocenters. The Morgan fingerprint density at radius 2 is 2.05 bits per heavy atom. The van der Waals surface area contributed by atoms with Crippen LogP contribution in [0, 0.1) is 11.7 Å². The second-order valence-electron chi connectivity index (χ2n) is 5.90. The third-order valence-electron chi connectivity index (χ3n) is 4.32. The Kier molecular flexibility index (Phi) is 6.50. The van der Waals surface area contributed by atoms with Crippen molar-refractivity contribution < 1.29 is 4.39 Å². The predicted molar refractivity (Wildman–Crippen MR) is 86.5 cm³/mol. The summed E-state index contributed by atoms with van der Waals surface area (Å²) < 4.78 is 14.9. The number of nitrogens with one attached hydrogen (secondary N) is 1. The maximum Gasteiger partial charge on any atom is 0.126 e. The van der Waals surface area contributed by atoms with E-state index in [1.54, 1.807) is 12.1 Å². The molecule has 1 aliphatic carbocycles. The van der Waals surface area contributed by atoms with E-state index in [0.717, 1.165) is 29.4 Å². The average molecular weight is 342 g/mol. The molecular formula is C17H25BrFN. The zero-order valence-corrected chi connectivity index (χ0v) is 13.9. The van der Waals surface area contributed by atoms with Gasteiger partial charge in [0, 0.05) is 10.5 Å². The van der Waals surface area contributed by atoms with Crippen LogP contribution in [-0.2, 0) is 6.42 Å². The molecule has 1 fully saturated rings. The largest absolute Gasteiger partial charge is 0.313 e. The fourth-order valence-electron chi connectivity index (χ4n) is 3.21. The van der Waals surface area contributed by atoms with Crippen molar-refractivity contribution >= 4 is 15.9 Å². The third kappa shape index (κ3) is 4.56. The molecule has 0 bridgehead atoms. The second-order valence-corrected chi connectivity index (χ2v) is 6.81. The van der Waals surface area contributed by atoms with E-state index in [1.807, 2.05) is 6.07 Å². The number of hydrogen-bond acceptors (Lipinski definition) is 1. The molecule has 1 aromatic carbocycles. The van der Waals surface area contributed by atoms with Crippen LogP contribution in [0.5, 0.6) is 0 Å². The van der Waals surface area contributed by atoms with Gasteiger partial charge in [-0.3, -0.25) is 0 Å². The first-order valence-corrected chi connectivity index (χ1v) is 8.67. The van der Waals surface area contributed by atoms with Gasteiger partial charge in [-0.15, -0.1) is 0 Å². The van der Waals surface area contributed by atoms with Gasteiger partial charge in [-0.05, 0) is 61.9 Å². The Bertz CT molecular complexity index is 415. The fourth-order valence-corrected chi connectivity index (χ4v) is 3.62. The van der Waals surface area contributed by atoms with Gasteiger partial charge in [-0.1, -0.05) is 42.1 Å². The lowest BCUT2D eigenvalue weighted by Gasteiger charge is -2.31. The zero-order chi connectivity index (χ0) is 14.4. The fraction of sp³-hybridized carbons (Fsp3) is 0.647. The minimum atomic E-state index is -0.0766. The zero-order valence-electron chi connectivity index (χ0n) is 12.3. The SMILES string of the molecule is CCCNC(Cc1cc(Br)ccc1F)C1CCCCC1. The van der Waals surface area contributed by atoms with Gasteiger partial charge in [0.15, 0.2) is 0 Å². The molecule has 1 aliphatic rings. The van der Waals surface area contributed by atoms with Crippen molar-refractivity contribution in [1.82, 2.24) is 5.32 Å². The highest BCUT2D eigenvalue weighted by Crippen LogP contribution is 2.29. The van der Waals surface area contributed by atoms with Crippen LogP contribution >= 0.6 is 15.9 Å². The second kappa shape index (κ2) is 8.14. The Balaban J connectivity index is 2.07. The molecule has 0 heterocycles. The molecule has 1 nitrogen and oxygen atoms in total. The summed E-state index contributed by atoms with van der Waals surface area (Å²) in [5.41, 5.74) is 0.832. The Labute approximate surface area is 130 Å². The molecule has 20 heavy (non-hydrogen) atoms. The Morgan fingerprint density at radius 3 is 2.75 bits per heavy atom. The first kappa shape index (κ1) is 16.0. The molecule has 0 saturated heterocycles. The lowest BCUT2D eigenvalue weighted by Crippen LogP contribution is -2.39. The van der Waals surface area contributed by atoms with Crippen molar-refractivity contribution in [3.05, 3.63) is 34.1 Å². The molecule has 0 amide bonds. The van der Waals surface area contributed by atoms with Crippen molar-refractivity contribution in [3.63, 3.8) is 0 Å². The summed E-state index contributed by atoms with van der Waals surface area (Å²) in [6, 6.07) is 5.68. The van der Waals surface area contributed by atoms with Crippen molar-refractivity contribution in [1.29, 1.82) is 0 Å². The predicted octanol–water partition coefficient (Wildman–Crippen LogP) is 5.08. The Hall–Kier alpha value is -0.410. The molecule has 1 unspecified atom stereocenters. The highest BCUT2D eigenvalue weighted by atomic mass is 79.9. The molecule has 0 radical (unpaired) electrons. The van der Waals surface area contributed by atoms with Crippen LogP contribution in [-0.4, -0.2) is 12.6 Å². The third-order valence-corrected chi connectivity index (χ3v) is 4.82. The molecule has 1 saturated carbocycles. The molecule has 1 N–H and O–H groups in total. The van der Waals surface area contributed by atoms with E-state index in [-0.39, 0.29) is 5.82 Å². The van der Waals surface area contributed by atoms with Gasteiger partial charge < -0.3 is 5.32 Å². The van der Waals surface area contributed by atoms with Crippen LogP contribution in [0.4, 0.5) is 4.39 Å². The Morgan fingerprint density at radius 1 is 1.30 bits per heavy atom. The number of halogens is 2. The summed E-state index contributed by atoms with van der Waals surface area (Å²) in [5, 5.41) is 3.65. The molecule has 3 heteroatoms. The van der Waals surface area contributed by atoms with Crippen LogP contribution in [0.2, 0.25) is 0 Å². The van der Waals surface area contributed by atoms with Gasteiger partial charge in [0.25, 0.3) is 0 Å². The molecule has 1 aromatic rings. The van der Waals surface area contributed by atoms with Gasteiger partial charge in [-0.25, -0.2) is 4.39 Å². The van der Waals surface area contributed by atoms with E-state index in [1.165, 1.54) is 32.1 Å². The van der Waals surface area contributed by atoms with Gasteiger partial charge >= 0.3 is 0 Å². The topological polar surface area (TPSA) is 12.0 Å². The molecule has 112 valence electrons. The highest BCUT2D eigenvalue weighted by Gasteiger charge is 2.24. The van der Waals surface area contributed by atoms with Crippen molar-refractivity contribution in [2.24, 2.45) is 5.92 Å². The van der Waals surface area contributed by atoms with Crippen molar-refractivity contribution in [2.45, 2.75) is 57.9 Å². The van der Waals surface area contributed by atoms with Crippen LogP contribution in [0.25, 0.3) is 0 Å². The van der Waals surface area contributed by atoms with E-state index >= 15 is 0 Å². The van der Waals surface area contributed by atoms with Crippen molar-refractivity contribution in [3.8, 4) is 0 Å². The summed E-state index contributed by atoms with van der Waals surface area (Å²) in [5.74, 6) is 0.626. The van der Waals surface area contributed by atoms with Crippen LogP contribution in [0.3, 0.4) is 0 Å². The van der Waals surface area contributed by atoms with E-state index in [0.29, 0.717) is 12.0 Å². The first-order valence-electron chi connectivity index (χ1n) is 7.88. The number of hydrogen-bond donors (Lipinski definition) is 1. The van der Waals surface area contributed by atoms with Gasteiger partial charge in [-0.2, -0.15) is 0 Å². The van der Waals surface area contributed by atoms with Crippen LogP contribution in [0.15, 0.2) is 22.7 Å². The number of benzene rings is 1. The monoisotopic (exact) mass is 341 g/mol. The minimum absolute atomic E-state index is 0.0766. The van der Waals surface area contributed by atoms with E-state index in [2.05, 4.69) is 28.2 Å². The number of rotatable bonds is 6. The molecular weight excluding hydrogens is 317 g/mol. The standard InChI is InChI=1S/C17H25BrFN/c1-2-10-20-17(13-6-4-3-5-7-13)12-14-11-15(18)8-9-16(14)19/h8-9,11,13,17,20H,2-7,10,12H2,1H3. The summed E-state index contributed by atoms with van der Waals surface area (Å²) in [6.45, 7) is 3.21. The molecule has 2 rings (SSSR count). The summed E-state index contributed by atoms with van der Waals surface area (Å²) in [4.78, 5) is 0. The van der Waals surface area contributed by atoms with Crippen molar-refractivity contribution in [2.75, 3.05) is 6.54 Å². The van der Waals surface area contributed by atoms with Gasteiger partial charge in [0.2, 0.25) is 0 Å². The minimum Gasteiger partial charge on any atom is -0.313 e. The molecule has 0 aliphatic heterocycles. The lowest BCUT2D eigenvalue weighted by molar-refractivity contribution is 0.266. The molecule has 0 spiro atoms. The molecule has 0 aromatic heterocycles. The van der Waals surface area contributed by atoms with Crippen LogP contribution in [0.1, 0.15) is 51.0 Å². The van der Waals surface area contributed by atoms with E-state index in [9.17, 15) is 4.39 Å². The normalized spacial score (nSPS) is 18.1. The van der Waals surface area contributed by atoms with Crippen LogP contribution < -0.4 is 5.32 Å². The van der Waals surface area contributed by atoms with Gasteiger partial charge in [0.1, 0.15) is 5.82 Å². The first-order chi connectivity index (χ1) is 9.70. The van der Waals surface area contributed by atoms with E-state index in [4.69, 9.17) is 0 Å². The smallest absolute Gasteiger partial charge is 0.126 e. The van der Waals surface area contributed by atoms with E-state index < -0.39 is 0 Å². The maximum atomic E-state index is 14.0. The lowest BCUT2D eigenvalue weighted by atomic mass is 9.81. The summed E-state index contributed by atoms with van der Waals surface area (Å²) in [7, 11) is 0. The summed E-state index contributed by atoms with van der Waals surface area (Å²) >= 11 is 3.45. The van der Waals surface area contributed by atoms with Gasteiger partial charge in [0.05, 0.1) is 0 Å². The summed E-state index contributed by atoms with van der Waals surface area (Å²) in [6.07, 6.45) is 8.53. The average Bonchev–Trinajstić information content (AvgIpc) is 2.48.